The Morgan fingerprint density at radius 3 is 2.29 bits per heavy atom. The van der Waals surface area contributed by atoms with Gasteiger partial charge in [0.25, 0.3) is 0 Å². The van der Waals surface area contributed by atoms with Gasteiger partial charge in [0, 0.05) is 5.56 Å². The lowest BCUT2D eigenvalue weighted by Crippen LogP contribution is -2.36. The fourth-order valence-electron chi connectivity index (χ4n) is 2.05. The molecule has 0 unspecified atom stereocenters. The Balaban J connectivity index is 2.44. The van der Waals surface area contributed by atoms with Crippen LogP contribution in [0.5, 0.6) is 5.75 Å². The summed E-state index contributed by atoms with van der Waals surface area (Å²) in [6.45, 7) is 0. The molecular formula is C15H15N7O6. The SMILES string of the molecule is COc1cccc([C@@H]2OC(=N)/C(=N/NC(=O)C(N)=O)C2=NNC(=O)C(N)=O)c1. The van der Waals surface area contributed by atoms with Gasteiger partial charge in [-0.05, 0) is 12.1 Å². The molecule has 1 aliphatic heterocycles. The van der Waals surface area contributed by atoms with E-state index >= 15 is 0 Å². The number of methoxy groups -OCH3 is 1. The van der Waals surface area contributed by atoms with Crippen LogP contribution in [0.4, 0.5) is 0 Å². The zero-order valence-electron chi connectivity index (χ0n) is 14.4. The van der Waals surface area contributed by atoms with Gasteiger partial charge in [0.05, 0.1) is 7.11 Å². The lowest BCUT2D eigenvalue weighted by Gasteiger charge is -2.11. The third-order valence-electron chi connectivity index (χ3n) is 3.33. The minimum atomic E-state index is -1.31. The van der Waals surface area contributed by atoms with Crippen molar-refractivity contribution in [2.45, 2.75) is 6.10 Å². The fourth-order valence-corrected chi connectivity index (χ4v) is 2.05. The Bertz CT molecular complexity index is 923. The number of amides is 4. The summed E-state index contributed by atoms with van der Waals surface area (Å²) in [5.74, 6) is -5.12. The van der Waals surface area contributed by atoms with Crippen LogP contribution in [0.2, 0.25) is 0 Å². The van der Waals surface area contributed by atoms with Crippen LogP contribution < -0.4 is 27.1 Å². The van der Waals surface area contributed by atoms with E-state index in [1.54, 1.807) is 24.3 Å². The summed E-state index contributed by atoms with van der Waals surface area (Å²) in [6, 6.07) is 6.51. The molecule has 1 aromatic carbocycles. The maximum absolute atomic E-state index is 11.4. The Morgan fingerprint density at radius 2 is 1.71 bits per heavy atom. The number of hydrogen-bond acceptors (Lipinski definition) is 9. The number of carbonyl (C=O) groups excluding carboxylic acids is 4. The van der Waals surface area contributed by atoms with Crippen LogP contribution in [0.25, 0.3) is 0 Å². The summed E-state index contributed by atoms with van der Waals surface area (Å²) in [6.07, 6.45) is -1.04. The number of nitrogens with two attached hydrogens (primary N) is 2. The maximum Gasteiger partial charge on any atom is 0.329 e. The van der Waals surface area contributed by atoms with E-state index in [2.05, 4.69) is 10.2 Å². The molecule has 28 heavy (non-hydrogen) atoms. The van der Waals surface area contributed by atoms with Gasteiger partial charge >= 0.3 is 23.6 Å². The highest BCUT2D eigenvalue weighted by atomic mass is 16.5. The van der Waals surface area contributed by atoms with Crippen molar-refractivity contribution in [2.75, 3.05) is 7.11 Å². The maximum atomic E-state index is 11.4. The number of nitrogens with zero attached hydrogens (tertiary/aromatic N) is 2. The quantitative estimate of drug-likeness (QED) is 0.281. The first-order valence-electron chi connectivity index (χ1n) is 7.49. The van der Waals surface area contributed by atoms with Crippen LogP contribution in [0, 0.1) is 5.41 Å². The van der Waals surface area contributed by atoms with Gasteiger partial charge in [-0.25, -0.2) is 10.9 Å². The lowest BCUT2D eigenvalue weighted by molar-refractivity contribution is -0.137. The highest BCUT2D eigenvalue weighted by molar-refractivity contribution is 6.69. The van der Waals surface area contributed by atoms with Gasteiger partial charge in [0.2, 0.25) is 5.90 Å². The molecular weight excluding hydrogens is 374 g/mol. The van der Waals surface area contributed by atoms with E-state index in [0.717, 1.165) is 0 Å². The average Bonchev–Trinajstić information content (AvgIpc) is 2.99. The van der Waals surface area contributed by atoms with Gasteiger partial charge in [0.1, 0.15) is 11.5 Å². The second-order valence-corrected chi connectivity index (χ2v) is 5.17. The summed E-state index contributed by atoms with van der Waals surface area (Å²) >= 11 is 0. The number of rotatable bonds is 4. The second-order valence-electron chi connectivity index (χ2n) is 5.17. The normalized spacial score (nSPS) is 18.5. The van der Waals surface area contributed by atoms with Crippen molar-refractivity contribution in [2.24, 2.45) is 21.7 Å². The minimum Gasteiger partial charge on any atom is -0.497 e. The number of benzene rings is 1. The van der Waals surface area contributed by atoms with Crippen LogP contribution in [0.15, 0.2) is 34.5 Å². The zero-order chi connectivity index (χ0) is 20.8. The molecule has 1 fully saturated rings. The monoisotopic (exact) mass is 389 g/mol. The zero-order valence-corrected chi connectivity index (χ0v) is 14.4. The molecule has 0 aromatic heterocycles. The molecule has 13 nitrogen and oxygen atoms in total. The van der Waals surface area contributed by atoms with Crippen molar-refractivity contribution in [3.63, 3.8) is 0 Å². The molecule has 0 aliphatic carbocycles. The van der Waals surface area contributed by atoms with E-state index in [1.165, 1.54) is 7.11 Å². The lowest BCUT2D eigenvalue weighted by atomic mass is 10.0. The number of carbonyl (C=O) groups is 4. The topological polar surface area (TPSA) is 211 Å². The van der Waals surface area contributed by atoms with Gasteiger partial charge in [-0.2, -0.15) is 10.2 Å². The van der Waals surface area contributed by atoms with Gasteiger partial charge in [-0.3, -0.25) is 24.6 Å². The molecule has 1 atom stereocenters. The first kappa shape index (κ1) is 20.0. The van der Waals surface area contributed by atoms with Crippen molar-refractivity contribution >= 4 is 40.9 Å². The van der Waals surface area contributed by atoms with Gasteiger partial charge < -0.3 is 20.9 Å². The third-order valence-corrected chi connectivity index (χ3v) is 3.33. The molecule has 2 rings (SSSR count). The van der Waals surface area contributed by atoms with E-state index in [9.17, 15) is 19.2 Å². The molecule has 7 N–H and O–H groups in total. The molecule has 4 amide bonds. The molecule has 1 aliphatic rings. The van der Waals surface area contributed by atoms with Crippen LogP contribution in [0.3, 0.4) is 0 Å². The number of hydrazone groups is 2. The van der Waals surface area contributed by atoms with E-state index in [1.807, 2.05) is 10.9 Å². The standard InChI is InChI=1S/C15H15N7O6/c1-27-7-4-2-3-6(5-7)10-8(19-21-14(25)11(16)23)9(13(18)28-10)20-22-15(26)12(17)24/h2-5,10,18H,1H3,(H2,16,23)(H2,17,24)(H,21,25)(H,22,26)/b18-13?,19-8?,20-9+/t10-/m0/s1. The summed E-state index contributed by atoms with van der Waals surface area (Å²) in [7, 11) is 1.45. The summed E-state index contributed by atoms with van der Waals surface area (Å²) in [5.41, 5.74) is 13.4. The summed E-state index contributed by atoms with van der Waals surface area (Å²) in [5, 5.41) is 15.2. The van der Waals surface area contributed by atoms with Crippen molar-refractivity contribution < 1.29 is 28.7 Å². The highest BCUT2D eigenvalue weighted by Gasteiger charge is 2.38. The van der Waals surface area contributed by atoms with Gasteiger partial charge in [-0.1, -0.05) is 12.1 Å². The molecule has 1 saturated heterocycles. The molecule has 0 bridgehead atoms. The van der Waals surface area contributed by atoms with Crippen LogP contribution >= 0.6 is 0 Å². The molecule has 13 heteroatoms. The van der Waals surface area contributed by atoms with Crippen LogP contribution in [-0.4, -0.2) is 48.1 Å². The average molecular weight is 389 g/mol. The van der Waals surface area contributed by atoms with Crippen molar-refractivity contribution in [3.8, 4) is 5.75 Å². The Morgan fingerprint density at radius 1 is 1.11 bits per heavy atom. The first-order chi connectivity index (χ1) is 13.2. The summed E-state index contributed by atoms with van der Waals surface area (Å²) in [4.78, 5) is 44.4. The third kappa shape index (κ3) is 4.46. The van der Waals surface area contributed by atoms with Crippen LogP contribution in [0.1, 0.15) is 11.7 Å². The Labute approximate surface area is 157 Å². The van der Waals surface area contributed by atoms with E-state index in [4.69, 9.17) is 26.4 Å². The first-order valence-corrected chi connectivity index (χ1v) is 7.49. The smallest absolute Gasteiger partial charge is 0.329 e. The van der Waals surface area contributed by atoms with Gasteiger partial charge in [-0.15, -0.1) is 0 Å². The van der Waals surface area contributed by atoms with Crippen molar-refractivity contribution in [1.29, 1.82) is 5.41 Å². The highest BCUT2D eigenvalue weighted by Crippen LogP contribution is 2.28. The van der Waals surface area contributed by atoms with Gasteiger partial charge in [0.15, 0.2) is 11.8 Å². The second kappa shape index (κ2) is 8.39. The molecule has 1 heterocycles. The van der Waals surface area contributed by atoms with E-state index < -0.39 is 35.6 Å². The number of nitrogens with one attached hydrogen (secondary N) is 3. The molecule has 0 spiro atoms. The molecule has 0 radical (unpaired) electrons. The minimum absolute atomic E-state index is 0.141. The van der Waals surface area contributed by atoms with Crippen molar-refractivity contribution in [1.82, 2.24) is 10.9 Å². The largest absolute Gasteiger partial charge is 0.497 e. The predicted octanol–water partition coefficient (Wildman–Crippen LogP) is -2.34. The van der Waals surface area contributed by atoms with E-state index in [-0.39, 0.29) is 11.4 Å². The van der Waals surface area contributed by atoms with Crippen LogP contribution in [-0.2, 0) is 23.9 Å². The van der Waals surface area contributed by atoms with E-state index in [0.29, 0.717) is 11.3 Å². The number of primary amides is 2. The number of hydrogen-bond donors (Lipinski definition) is 5. The Hall–Kier alpha value is -4.29. The molecule has 0 saturated carbocycles. The molecule has 146 valence electrons. The fraction of sp³-hybridized carbons (Fsp3) is 0.133. The number of ether oxygens (including phenoxy) is 2. The van der Waals surface area contributed by atoms with Crippen molar-refractivity contribution in [3.05, 3.63) is 29.8 Å². The Kier molecular flexibility index (Phi) is 6.00. The summed E-state index contributed by atoms with van der Waals surface area (Å²) < 4.78 is 10.5. The predicted molar refractivity (Wildman–Crippen MR) is 94.1 cm³/mol. The molecule has 1 aromatic rings.